The van der Waals surface area contributed by atoms with Gasteiger partial charge in [0.1, 0.15) is 17.4 Å². The van der Waals surface area contributed by atoms with E-state index < -0.39 is 17.9 Å². The summed E-state index contributed by atoms with van der Waals surface area (Å²) in [4.78, 5) is 24.5. The van der Waals surface area contributed by atoms with Crippen LogP contribution in [-0.4, -0.2) is 43.3 Å². The van der Waals surface area contributed by atoms with E-state index in [1.807, 2.05) is 13.8 Å². The Balaban J connectivity index is 1.85. The van der Waals surface area contributed by atoms with Crippen molar-refractivity contribution < 1.29 is 33.3 Å². The molecule has 1 fully saturated rings. The maximum absolute atomic E-state index is 15.1. The van der Waals surface area contributed by atoms with E-state index in [0.717, 1.165) is 18.4 Å². The van der Waals surface area contributed by atoms with E-state index in [2.05, 4.69) is 0 Å². The molecule has 1 aliphatic heterocycles. The van der Waals surface area contributed by atoms with E-state index in [-0.39, 0.29) is 35.4 Å². The number of aliphatic carboxylic acids is 1. The number of methoxy groups -OCH3 is 1. The number of fused-ring (bicyclic) bond motifs is 2. The number of ether oxygens (including phenoxy) is 3. The smallest absolute Gasteiger partial charge is 0.339 e. The fourth-order valence-corrected chi connectivity index (χ4v) is 4.87. The zero-order valence-corrected chi connectivity index (χ0v) is 19.4. The summed E-state index contributed by atoms with van der Waals surface area (Å²) in [6, 6.07) is 3.05. The number of carboxylic acid groups (broad SMARTS) is 1. The molecule has 0 amide bonds. The lowest BCUT2D eigenvalue weighted by Gasteiger charge is -2.37. The summed E-state index contributed by atoms with van der Waals surface area (Å²) in [5.41, 5.74) is 2.02. The van der Waals surface area contributed by atoms with Crippen LogP contribution in [0.4, 0.5) is 4.39 Å². The minimum atomic E-state index is -1.24. The zero-order chi connectivity index (χ0) is 23.7. The van der Waals surface area contributed by atoms with Gasteiger partial charge in [-0.25, -0.2) is 9.18 Å². The van der Waals surface area contributed by atoms with Crippen LogP contribution in [0.3, 0.4) is 0 Å². The quantitative estimate of drug-likeness (QED) is 0.445. The fourth-order valence-electron chi connectivity index (χ4n) is 4.87. The molecule has 1 saturated carbocycles. The summed E-state index contributed by atoms with van der Waals surface area (Å²) in [6.07, 6.45) is 4.50. The van der Waals surface area contributed by atoms with Gasteiger partial charge in [0.25, 0.3) is 0 Å². The third kappa shape index (κ3) is 4.83. The van der Waals surface area contributed by atoms with E-state index in [9.17, 15) is 14.7 Å². The Kier molecular flexibility index (Phi) is 6.88. The highest BCUT2D eigenvalue weighted by Crippen LogP contribution is 2.53. The van der Waals surface area contributed by atoms with Crippen LogP contribution in [0, 0.1) is 23.6 Å². The Hall–Kier alpha value is -2.67. The largest absolute Gasteiger partial charge is 0.490 e. The zero-order valence-electron chi connectivity index (χ0n) is 19.4. The molecule has 2 unspecified atom stereocenters. The standard InChI is InChI=1S/C26H31FO6/c1-14(2)25-19-11-17(26(29)30)21(28)8-7-16(15-5-6-15)24(19)18-12-20(27)23(13-22(18)33-25)32-10-4-9-31-3/h11-16,25H,4-10H2,1-3H3,(H,29,30)/b17-11+. The Morgan fingerprint density at radius 3 is 2.64 bits per heavy atom. The molecule has 0 bridgehead atoms. The van der Waals surface area contributed by atoms with Gasteiger partial charge in [-0.1, -0.05) is 13.8 Å². The predicted octanol–water partition coefficient (Wildman–Crippen LogP) is 4.81. The molecule has 0 radical (unpaired) electrons. The van der Waals surface area contributed by atoms with Crippen molar-refractivity contribution in [3.05, 3.63) is 40.7 Å². The van der Waals surface area contributed by atoms with Gasteiger partial charge in [-0.3, -0.25) is 4.79 Å². The second-order valence-corrected chi connectivity index (χ2v) is 9.39. The molecular formula is C26H31FO6. The van der Waals surface area contributed by atoms with E-state index >= 15 is 4.39 Å². The molecular weight excluding hydrogens is 427 g/mol. The maximum atomic E-state index is 15.1. The first-order valence-electron chi connectivity index (χ1n) is 11.7. The molecule has 1 aromatic rings. The van der Waals surface area contributed by atoms with Crippen molar-refractivity contribution in [1.29, 1.82) is 0 Å². The van der Waals surface area contributed by atoms with Crippen molar-refractivity contribution >= 4 is 17.3 Å². The molecule has 7 heteroatoms. The van der Waals surface area contributed by atoms with E-state index in [1.165, 1.54) is 12.1 Å². The molecule has 2 aliphatic carbocycles. The number of allylic oxidation sites excluding steroid dienone is 1. The Bertz CT molecular complexity index is 1000. The number of benzene rings is 1. The highest BCUT2D eigenvalue weighted by molar-refractivity contribution is 6.17. The molecule has 33 heavy (non-hydrogen) atoms. The number of ketones is 1. The van der Waals surface area contributed by atoms with E-state index in [0.29, 0.717) is 48.9 Å². The van der Waals surface area contributed by atoms with Crippen LogP contribution in [0.15, 0.2) is 29.4 Å². The highest BCUT2D eigenvalue weighted by Gasteiger charge is 2.42. The number of hydrogen-bond donors (Lipinski definition) is 1. The lowest BCUT2D eigenvalue weighted by atomic mass is 9.75. The van der Waals surface area contributed by atoms with Gasteiger partial charge in [0.05, 0.1) is 6.61 Å². The summed E-state index contributed by atoms with van der Waals surface area (Å²) in [6.45, 7) is 4.83. The Morgan fingerprint density at radius 2 is 2.00 bits per heavy atom. The maximum Gasteiger partial charge on any atom is 0.339 e. The van der Waals surface area contributed by atoms with Crippen molar-refractivity contribution in [3.8, 4) is 11.5 Å². The van der Waals surface area contributed by atoms with Crippen LogP contribution in [0.2, 0.25) is 0 Å². The number of rotatable bonds is 8. The molecule has 0 aromatic heterocycles. The lowest BCUT2D eigenvalue weighted by Crippen LogP contribution is -2.33. The molecule has 6 nitrogen and oxygen atoms in total. The van der Waals surface area contributed by atoms with E-state index in [1.54, 1.807) is 13.2 Å². The topological polar surface area (TPSA) is 82.1 Å². The van der Waals surface area contributed by atoms with Crippen LogP contribution in [-0.2, 0) is 14.3 Å². The number of hydrogen-bond acceptors (Lipinski definition) is 5. The monoisotopic (exact) mass is 458 g/mol. The second kappa shape index (κ2) is 9.67. The number of carbonyl (C=O) groups is 2. The van der Waals surface area contributed by atoms with Crippen LogP contribution in [0.1, 0.15) is 51.5 Å². The molecule has 0 spiro atoms. The van der Waals surface area contributed by atoms with Crippen molar-refractivity contribution in [2.75, 3.05) is 20.3 Å². The highest BCUT2D eigenvalue weighted by atomic mass is 19.1. The molecule has 0 saturated heterocycles. The first-order valence-corrected chi connectivity index (χ1v) is 11.7. The first kappa shape index (κ1) is 23.5. The van der Waals surface area contributed by atoms with Crippen LogP contribution in [0.25, 0.3) is 5.57 Å². The minimum Gasteiger partial charge on any atom is -0.490 e. The third-order valence-electron chi connectivity index (χ3n) is 6.63. The van der Waals surface area contributed by atoms with Gasteiger partial charge >= 0.3 is 5.97 Å². The third-order valence-corrected chi connectivity index (χ3v) is 6.63. The van der Waals surface area contributed by atoms with Crippen molar-refractivity contribution in [3.63, 3.8) is 0 Å². The van der Waals surface area contributed by atoms with Gasteiger partial charge in [-0.05, 0) is 60.3 Å². The van der Waals surface area contributed by atoms with Gasteiger partial charge in [0, 0.05) is 38.2 Å². The molecule has 2 atom stereocenters. The van der Waals surface area contributed by atoms with Gasteiger partial charge in [0.15, 0.2) is 17.3 Å². The Morgan fingerprint density at radius 1 is 1.24 bits per heavy atom. The molecule has 178 valence electrons. The van der Waals surface area contributed by atoms with Crippen molar-refractivity contribution in [1.82, 2.24) is 0 Å². The predicted molar refractivity (Wildman–Crippen MR) is 121 cm³/mol. The van der Waals surface area contributed by atoms with E-state index in [4.69, 9.17) is 14.2 Å². The average Bonchev–Trinajstić information content (AvgIpc) is 3.59. The van der Waals surface area contributed by atoms with Crippen LogP contribution in [0.5, 0.6) is 11.5 Å². The SMILES string of the molecule is COCCCOc1cc2c(cc1F)C1=C(/C=C(/C(=O)O)C(=O)CCC1C1CC1)C(C(C)C)O2. The fraction of sp³-hybridized carbons (Fsp3) is 0.538. The summed E-state index contributed by atoms with van der Waals surface area (Å²) < 4.78 is 32.1. The van der Waals surface area contributed by atoms with Crippen LogP contribution >= 0.6 is 0 Å². The number of Topliss-reactive ketones (excluding diaryl/α,β-unsaturated/α-hetero) is 1. The summed E-state index contributed by atoms with van der Waals surface area (Å²) in [5, 5.41) is 9.69. The Labute approximate surface area is 193 Å². The number of halogens is 1. The van der Waals surface area contributed by atoms with Crippen LogP contribution < -0.4 is 9.47 Å². The number of carboxylic acids is 1. The lowest BCUT2D eigenvalue weighted by molar-refractivity contribution is -0.134. The van der Waals surface area contributed by atoms with Gasteiger partial charge in [-0.15, -0.1) is 0 Å². The van der Waals surface area contributed by atoms with Gasteiger partial charge in [0.2, 0.25) is 0 Å². The molecule has 1 aromatic carbocycles. The van der Waals surface area contributed by atoms with Crippen molar-refractivity contribution in [2.45, 2.75) is 52.1 Å². The summed E-state index contributed by atoms with van der Waals surface area (Å²) in [5.74, 6) is -0.933. The average molecular weight is 459 g/mol. The minimum absolute atomic E-state index is 0.0138. The molecule has 1 heterocycles. The molecule has 4 rings (SSSR count). The first-order chi connectivity index (χ1) is 15.8. The second-order valence-electron chi connectivity index (χ2n) is 9.39. The van der Waals surface area contributed by atoms with Gasteiger partial charge in [-0.2, -0.15) is 0 Å². The molecule has 1 N–H and O–H groups in total. The molecule has 3 aliphatic rings. The van der Waals surface area contributed by atoms with Crippen molar-refractivity contribution in [2.24, 2.45) is 17.8 Å². The summed E-state index contributed by atoms with van der Waals surface area (Å²) in [7, 11) is 1.60. The van der Waals surface area contributed by atoms with Gasteiger partial charge < -0.3 is 19.3 Å². The normalized spacial score (nSPS) is 24.3. The summed E-state index contributed by atoms with van der Waals surface area (Å²) >= 11 is 0. The number of carbonyl (C=O) groups excluding carboxylic acids is 1.